The molecule has 122 valence electrons. The molecule has 0 bridgehead atoms. The highest BCUT2D eigenvalue weighted by molar-refractivity contribution is 7.18. The summed E-state index contributed by atoms with van der Waals surface area (Å²) in [6.07, 6.45) is 6.19. The van der Waals surface area contributed by atoms with E-state index >= 15 is 0 Å². The lowest BCUT2D eigenvalue weighted by Gasteiger charge is -2.17. The van der Waals surface area contributed by atoms with Crippen molar-refractivity contribution in [2.75, 3.05) is 26.2 Å². The van der Waals surface area contributed by atoms with Crippen LogP contribution >= 0.6 is 11.3 Å². The Morgan fingerprint density at radius 2 is 2.13 bits per heavy atom. The molecule has 2 aliphatic heterocycles. The molecule has 0 amide bonds. The standard InChI is InChI=1S/C19H25N3S/c1-14-4-6-16(20-13-14)15-5-7-18-17(12-15)21-19(23-18)8-11-22-9-2-3-10-22/h5,7,12,14H,2-4,6,8-11,13H2,1H3. The number of aliphatic imine (C=N–C) groups is 1. The van der Waals surface area contributed by atoms with Crippen LogP contribution in [0.2, 0.25) is 0 Å². The van der Waals surface area contributed by atoms with E-state index in [9.17, 15) is 0 Å². The molecule has 0 aliphatic carbocycles. The first-order valence-electron chi connectivity index (χ1n) is 8.93. The molecule has 3 nitrogen and oxygen atoms in total. The highest BCUT2D eigenvalue weighted by Gasteiger charge is 2.15. The van der Waals surface area contributed by atoms with Crippen LogP contribution in [0.4, 0.5) is 0 Å². The van der Waals surface area contributed by atoms with Gasteiger partial charge < -0.3 is 4.90 Å². The third kappa shape index (κ3) is 3.48. The molecule has 1 saturated heterocycles. The summed E-state index contributed by atoms with van der Waals surface area (Å²) in [4.78, 5) is 12.2. The van der Waals surface area contributed by atoms with Crippen molar-refractivity contribution in [2.24, 2.45) is 10.9 Å². The van der Waals surface area contributed by atoms with E-state index in [1.807, 2.05) is 11.3 Å². The first kappa shape index (κ1) is 15.3. The molecule has 1 fully saturated rings. The van der Waals surface area contributed by atoms with Crippen LogP contribution in [0, 0.1) is 5.92 Å². The van der Waals surface area contributed by atoms with Crippen molar-refractivity contribution in [3.63, 3.8) is 0 Å². The van der Waals surface area contributed by atoms with E-state index in [1.165, 1.54) is 53.3 Å². The number of hydrogen-bond acceptors (Lipinski definition) is 4. The summed E-state index contributed by atoms with van der Waals surface area (Å²) in [5, 5.41) is 1.28. The fraction of sp³-hybridized carbons (Fsp3) is 0.579. The molecule has 1 atom stereocenters. The second kappa shape index (κ2) is 6.70. The number of benzene rings is 1. The smallest absolute Gasteiger partial charge is 0.0951 e. The Kier molecular flexibility index (Phi) is 4.45. The summed E-state index contributed by atoms with van der Waals surface area (Å²) >= 11 is 1.86. The van der Waals surface area contributed by atoms with Crippen molar-refractivity contribution in [1.29, 1.82) is 0 Å². The molecule has 23 heavy (non-hydrogen) atoms. The van der Waals surface area contributed by atoms with E-state index < -0.39 is 0 Å². The van der Waals surface area contributed by atoms with Crippen LogP contribution < -0.4 is 0 Å². The van der Waals surface area contributed by atoms with Gasteiger partial charge >= 0.3 is 0 Å². The summed E-state index contributed by atoms with van der Waals surface area (Å²) in [7, 11) is 0. The number of thiazole rings is 1. The van der Waals surface area contributed by atoms with Gasteiger partial charge in [-0.05, 0) is 62.4 Å². The zero-order chi connectivity index (χ0) is 15.6. The molecule has 3 heterocycles. The van der Waals surface area contributed by atoms with Gasteiger partial charge in [-0.3, -0.25) is 4.99 Å². The molecule has 0 spiro atoms. The number of likely N-dealkylation sites (tertiary alicyclic amines) is 1. The number of aromatic nitrogens is 1. The van der Waals surface area contributed by atoms with Crippen LogP contribution in [0.1, 0.15) is 43.2 Å². The van der Waals surface area contributed by atoms with E-state index in [0.29, 0.717) is 0 Å². The van der Waals surface area contributed by atoms with Crippen molar-refractivity contribution in [2.45, 2.75) is 39.0 Å². The van der Waals surface area contributed by atoms with Gasteiger partial charge in [-0.25, -0.2) is 4.98 Å². The van der Waals surface area contributed by atoms with Crippen LogP contribution in [-0.2, 0) is 6.42 Å². The Bertz CT molecular complexity index is 712. The summed E-state index contributed by atoms with van der Waals surface area (Å²) < 4.78 is 1.31. The highest BCUT2D eigenvalue weighted by atomic mass is 32.1. The largest absolute Gasteiger partial charge is 0.303 e. The molecule has 2 aromatic rings. The minimum absolute atomic E-state index is 0.735. The van der Waals surface area contributed by atoms with Gasteiger partial charge in [0.15, 0.2) is 0 Å². The Morgan fingerprint density at radius 3 is 2.91 bits per heavy atom. The third-order valence-corrected chi connectivity index (χ3v) is 6.17. The van der Waals surface area contributed by atoms with Crippen molar-refractivity contribution in [3.05, 3.63) is 28.8 Å². The first-order chi connectivity index (χ1) is 11.3. The monoisotopic (exact) mass is 327 g/mol. The van der Waals surface area contributed by atoms with E-state index in [2.05, 4.69) is 30.0 Å². The number of hydrogen-bond donors (Lipinski definition) is 0. The lowest BCUT2D eigenvalue weighted by molar-refractivity contribution is 0.343. The van der Waals surface area contributed by atoms with Gasteiger partial charge in [0, 0.05) is 25.2 Å². The molecular weight excluding hydrogens is 302 g/mol. The predicted octanol–water partition coefficient (Wildman–Crippen LogP) is 4.15. The minimum atomic E-state index is 0.735. The molecule has 1 aromatic carbocycles. The molecule has 1 unspecified atom stereocenters. The summed E-state index contributed by atoms with van der Waals surface area (Å²) in [5.74, 6) is 0.735. The second-order valence-electron chi connectivity index (χ2n) is 7.02. The SMILES string of the molecule is CC1CCC(c2ccc3sc(CCN4CCCC4)nc3c2)=NC1. The molecule has 1 aromatic heterocycles. The number of rotatable bonds is 4. The number of fused-ring (bicyclic) bond motifs is 1. The average Bonchev–Trinajstić information content (AvgIpc) is 3.22. The normalized spacial score (nSPS) is 22.7. The van der Waals surface area contributed by atoms with E-state index in [4.69, 9.17) is 9.98 Å². The summed E-state index contributed by atoms with van der Waals surface area (Å²) in [6, 6.07) is 6.72. The van der Waals surface area contributed by atoms with Gasteiger partial charge in [-0.2, -0.15) is 0 Å². The average molecular weight is 327 g/mol. The Hall–Kier alpha value is -1.26. The quantitative estimate of drug-likeness (QED) is 0.844. The van der Waals surface area contributed by atoms with Gasteiger partial charge in [-0.1, -0.05) is 13.0 Å². The lowest BCUT2D eigenvalue weighted by atomic mass is 9.96. The Balaban J connectivity index is 1.50. The molecule has 2 aliphatic rings. The van der Waals surface area contributed by atoms with Crippen molar-refractivity contribution in [3.8, 4) is 0 Å². The van der Waals surface area contributed by atoms with Crippen LogP contribution in [0.15, 0.2) is 23.2 Å². The van der Waals surface area contributed by atoms with Crippen molar-refractivity contribution >= 4 is 27.3 Å². The van der Waals surface area contributed by atoms with Gasteiger partial charge in [0.2, 0.25) is 0 Å². The van der Waals surface area contributed by atoms with Gasteiger partial charge in [0.05, 0.1) is 15.2 Å². The second-order valence-corrected chi connectivity index (χ2v) is 8.14. The van der Waals surface area contributed by atoms with E-state index in [-0.39, 0.29) is 0 Å². The topological polar surface area (TPSA) is 28.5 Å². The van der Waals surface area contributed by atoms with E-state index in [0.717, 1.165) is 37.4 Å². The summed E-state index contributed by atoms with van der Waals surface area (Å²) in [6.45, 7) is 6.97. The predicted molar refractivity (Wildman–Crippen MR) is 98.8 cm³/mol. The van der Waals surface area contributed by atoms with Crippen LogP contribution in [0.3, 0.4) is 0 Å². The molecule has 0 radical (unpaired) electrons. The highest BCUT2D eigenvalue weighted by Crippen LogP contribution is 2.26. The van der Waals surface area contributed by atoms with Gasteiger partial charge in [-0.15, -0.1) is 11.3 Å². The van der Waals surface area contributed by atoms with E-state index in [1.54, 1.807) is 0 Å². The maximum atomic E-state index is 4.88. The van der Waals surface area contributed by atoms with Crippen LogP contribution in [-0.4, -0.2) is 41.8 Å². The van der Waals surface area contributed by atoms with Gasteiger partial charge in [0.1, 0.15) is 0 Å². The van der Waals surface area contributed by atoms with Crippen LogP contribution in [0.25, 0.3) is 10.2 Å². The lowest BCUT2D eigenvalue weighted by Crippen LogP contribution is -2.21. The van der Waals surface area contributed by atoms with Crippen molar-refractivity contribution < 1.29 is 0 Å². The fourth-order valence-corrected chi connectivity index (χ4v) is 4.51. The Labute approximate surface area is 142 Å². The number of nitrogens with zero attached hydrogens (tertiary/aromatic N) is 3. The Morgan fingerprint density at radius 1 is 1.26 bits per heavy atom. The fourth-order valence-electron chi connectivity index (χ4n) is 3.58. The van der Waals surface area contributed by atoms with Crippen LogP contribution in [0.5, 0.6) is 0 Å². The molecule has 0 saturated carbocycles. The molecule has 4 rings (SSSR count). The third-order valence-electron chi connectivity index (χ3n) is 5.07. The maximum absolute atomic E-state index is 4.88. The molecule has 4 heteroatoms. The minimum Gasteiger partial charge on any atom is -0.303 e. The zero-order valence-corrected chi connectivity index (χ0v) is 14.7. The molecule has 0 N–H and O–H groups in total. The maximum Gasteiger partial charge on any atom is 0.0951 e. The molecular formula is C19H25N3S. The van der Waals surface area contributed by atoms with Crippen molar-refractivity contribution in [1.82, 2.24) is 9.88 Å². The van der Waals surface area contributed by atoms with Gasteiger partial charge in [0.25, 0.3) is 0 Å². The summed E-state index contributed by atoms with van der Waals surface area (Å²) in [5.41, 5.74) is 3.71. The zero-order valence-electron chi connectivity index (χ0n) is 13.9. The first-order valence-corrected chi connectivity index (χ1v) is 9.75.